The quantitative estimate of drug-likeness (QED) is 0.711. The highest BCUT2D eigenvalue weighted by atomic mass is 19.1. The van der Waals surface area contributed by atoms with Gasteiger partial charge >= 0.3 is 0 Å². The number of carbonyl (C=O) groups excluding carboxylic acids is 2. The minimum atomic E-state index is -0.416. The summed E-state index contributed by atoms with van der Waals surface area (Å²) in [7, 11) is 0. The van der Waals surface area contributed by atoms with Crippen molar-refractivity contribution < 1.29 is 14.0 Å². The number of hydrogen-bond donors (Lipinski definition) is 2. The number of fused-ring (bicyclic) bond motifs is 1. The average molecular weight is 379 g/mol. The first-order chi connectivity index (χ1) is 13.5. The second kappa shape index (κ2) is 7.46. The van der Waals surface area contributed by atoms with Crippen LogP contribution in [0.3, 0.4) is 0 Å². The summed E-state index contributed by atoms with van der Waals surface area (Å²) in [5.74, 6) is -1.09. The Morgan fingerprint density at radius 2 is 2.14 bits per heavy atom. The Labute approximate surface area is 162 Å². The van der Waals surface area contributed by atoms with Crippen LogP contribution in [0, 0.1) is 18.7 Å². The number of likely N-dealkylation sites (tertiary alicyclic amines) is 1. The molecule has 0 spiro atoms. The number of rotatable bonds is 5. The molecule has 0 radical (unpaired) electrons. The van der Waals surface area contributed by atoms with Crippen LogP contribution >= 0.6 is 0 Å². The zero-order valence-corrected chi connectivity index (χ0v) is 15.7. The van der Waals surface area contributed by atoms with Crippen molar-refractivity contribution in [3.05, 3.63) is 65.6 Å². The fraction of sp³-hybridized carbons (Fsp3) is 0.273. The summed E-state index contributed by atoms with van der Waals surface area (Å²) in [6, 6.07) is 12.0. The summed E-state index contributed by atoms with van der Waals surface area (Å²) >= 11 is 0. The number of anilines is 1. The van der Waals surface area contributed by atoms with E-state index in [1.807, 2.05) is 6.20 Å². The Hall–Kier alpha value is -3.15. The number of halogens is 1. The molecule has 2 amide bonds. The van der Waals surface area contributed by atoms with Gasteiger partial charge in [-0.15, -0.1) is 0 Å². The predicted molar refractivity (Wildman–Crippen MR) is 106 cm³/mol. The van der Waals surface area contributed by atoms with Crippen molar-refractivity contribution in [1.82, 2.24) is 9.88 Å². The maximum atomic E-state index is 13.3. The number of amides is 2. The first kappa shape index (κ1) is 18.2. The summed E-state index contributed by atoms with van der Waals surface area (Å²) in [5.41, 5.74) is 3.85. The fourth-order valence-corrected chi connectivity index (χ4v) is 3.73. The molecule has 1 aromatic heterocycles. The molecular formula is C22H22FN3O2. The first-order valence-electron chi connectivity index (χ1n) is 9.40. The van der Waals surface area contributed by atoms with E-state index >= 15 is 0 Å². The summed E-state index contributed by atoms with van der Waals surface area (Å²) < 4.78 is 13.3. The second-order valence-corrected chi connectivity index (χ2v) is 7.35. The third-order valence-electron chi connectivity index (χ3n) is 5.25. The van der Waals surface area contributed by atoms with Gasteiger partial charge in [-0.05, 0) is 49.2 Å². The van der Waals surface area contributed by atoms with E-state index in [1.54, 1.807) is 17.0 Å². The van der Waals surface area contributed by atoms with Crippen LogP contribution in [0.1, 0.15) is 17.5 Å². The van der Waals surface area contributed by atoms with Gasteiger partial charge in [0.25, 0.3) is 0 Å². The van der Waals surface area contributed by atoms with Crippen LogP contribution in [0.25, 0.3) is 10.9 Å². The van der Waals surface area contributed by atoms with Gasteiger partial charge in [0.2, 0.25) is 11.8 Å². The minimum absolute atomic E-state index is 0.0181. The molecule has 3 aromatic rings. The van der Waals surface area contributed by atoms with Crippen LogP contribution in [0.4, 0.5) is 10.1 Å². The lowest BCUT2D eigenvalue weighted by molar-refractivity contribution is -0.128. The summed E-state index contributed by atoms with van der Waals surface area (Å²) in [5, 5.41) is 3.88. The van der Waals surface area contributed by atoms with Crippen LogP contribution in [-0.2, 0) is 16.0 Å². The zero-order chi connectivity index (χ0) is 19.7. The van der Waals surface area contributed by atoms with Crippen molar-refractivity contribution >= 4 is 28.4 Å². The van der Waals surface area contributed by atoms with E-state index in [9.17, 15) is 14.0 Å². The maximum Gasteiger partial charge on any atom is 0.229 e. The van der Waals surface area contributed by atoms with Crippen molar-refractivity contribution in [1.29, 1.82) is 0 Å². The molecule has 144 valence electrons. The van der Waals surface area contributed by atoms with Gasteiger partial charge < -0.3 is 15.2 Å². The number of aryl methyl sites for hydroxylation is 1. The molecule has 2 aromatic carbocycles. The molecular weight excluding hydrogens is 357 g/mol. The largest absolute Gasteiger partial charge is 0.361 e. The van der Waals surface area contributed by atoms with Crippen molar-refractivity contribution in [2.24, 2.45) is 5.92 Å². The lowest BCUT2D eigenvalue weighted by Gasteiger charge is -2.16. The molecule has 0 saturated carbocycles. The Balaban J connectivity index is 1.38. The number of nitrogens with one attached hydrogen (secondary N) is 2. The van der Waals surface area contributed by atoms with Gasteiger partial charge in [-0.3, -0.25) is 9.59 Å². The van der Waals surface area contributed by atoms with Crippen LogP contribution in [0.5, 0.6) is 0 Å². The van der Waals surface area contributed by atoms with Crippen LogP contribution < -0.4 is 5.32 Å². The molecule has 1 atom stereocenters. The van der Waals surface area contributed by atoms with E-state index in [1.165, 1.54) is 28.6 Å². The normalized spacial score (nSPS) is 16.7. The molecule has 0 bridgehead atoms. The molecule has 4 rings (SSSR count). The topological polar surface area (TPSA) is 65.2 Å². The summed E-state index contributed by atoms with van der Waals surface area (Å²) in [4.78, 5) is 29.8. The number of benzene rings is 2. The van der Waals surface area contributed by atoms with Gasteiger partial charge in [-0.25, -0.2) is 4.39 Å². The van der Waals surface area contributed by atoms with E-state index in [0.717, 1.165) is 11.9 Å². The van der Waals surface area contributed by atoms with Gasteiger partial charge in [0.1, 0.15) is 5.82 Å². The van der Waals surface area contributed by atoms with E-state index < -0.39 is 11.7 Å². The Bertz CT molecular complexity index is 1040. The molecule has 2 N–H and O–H groups in total. The fourth-order valence-electron chi connectivity index (χ4n) is 3.73. The van der Waals surface area contributed by atoms with E-state index in [2.05, 4.69) is 35.4 Å². The second-order valence-electron chi connectivity index (χ2n) is 7.35. The van der Waals surface area contributed by atoms with E-state index in [-0.39, 0.29) is 18.2 Å². The zero-order valence-electron chi connectivity index (χ0n) is 15.7. The van der Waals surface area contributed by atoms with Crippen LogP contribution in [-0.4, -0.2) is 34.8 Å². The predicted octanol–water partition coefficient (Wildman–Crippen LogP) is 3.65. The van der Waals surface area contributed by atoms with Crippen molar-refractivity contribution in [3.8, 4) is 0 Å². The Morgan fingerprint density at radius 1 is 1.29 bits per heavy atom. The molecule has 0 aliphatic carbocycles. The maximum absolute atomic E-state index is 13.3. The monoisotopic (exact) mass is 379 g/mol. The molecule has 1 saturated heterocycles. The van der Waals surface area contributed by atoms with Gasteiger partial charge in [0, 0.05) is 42.3 Å². The molecule has 1 fully saturated rings. The molecule has 5 nitrogen and oxygen atoms in total. The number of aromatic nitrogens is 1. The number of H-pyrrole nitrogens is 1. The van der Waals surface area contributed by atoms with Crippen LogP contribution in [0.15, 0.2) is 48.7 Å². The molecule has 1 aliphatic heterocycles. The third kappa shape index (κ3) is 3.76. The number of nitrogens with zero attached hydrogens (tertiary/aromatic N) is 1. The Morgan fingerprint density at radius 3 is 2.96 bits per heavy atom. The summed E-state index contributed by atoms with van der Waals surface area (Å²) in [6.45, 7) is 3.02. The van der Waals surface area contributed by atoms with Gasteiger partial charge in [-0.1, -0.05) is 17.7 Å². The van der Waals surface area contributed by atoms with E-state index in [4.69, 9.17) is 0 Å². The highest BCUT2D eigenvalue weighted by molar-refractivity contribution is 5.97. The highest BCUT2D eigenvalue weighted by Crippen LogP contribution is 2.23. The average Bonchev–Trinajstić information content (AvgIpc) is 3.23. The standard InChI is InChI=1S/C22H22FN3O2/c1-14-5-6-20-19(9-14)15(12-24-20)7-8-26-13-16(10-21(26)27)22(28)25-18-4-2-3-17(23)11-18/h2-6,9,11-12,16,24H,7-8,10,13H2,1H3,(H,25,28). The molecule has 28 heavy (non-hydrogen) atoms. The number of hydrogen-bond acceptors (Lipinski definition) is 2. The molecule has 1 aliphatic rings. The van der Waals surface area contributed by atoms with Crippen molar-refractivity contribution in [2.75, 3.05) is 18.4 Å². The minimum Gasteiger partial charge on any atom is -0.361 e. The van der Waals surface area contributed by atoms with Gasteiger partial charge in [0.15, 0.2) is 0 Å². The number of aromatic amines is 1. The molecule has 1 unspecified atom stereocenters. The Kier molecular flexibility index (Phi) is 4.86. The van der Waals surface area contributed by atoms with E-state index in [0.29, 0.717) is 18.8 Å². The van der Waals surface area contributed by atoms with Crippen molar-refractivity contribution in [2.45, 2.75) is 19.8 Å². The number of carbonyl (C=O) groups is 2. The van der Waals surface area contributed by atoms with Gasteiger partial charge in [-0.2, -0.15) is 0 Å². The van der Waals surface area contributed by atoms with Gasteiger partial charge in [0.05, 0.1) is 5.92 Å². The molecule has 2 heterocycles. The lowest BCUT2D eigenvalue weighted by atomic mass is 10.1. The SMILES string of the molecule is Cc1ccc2[nH]cc(CCN3CC(C(=O)Nc4cccc(F)c4)CC3=O)c2c1. The lowest BCUT2D eigenvalue weighted by Crippen LogP contribution is -2.30. The van der Waals surface area contributed by atoms with Crippen LogP contribution in [0.2, 0.25) is 0 Å². The first-order valence-corrected chi connectivity index (χ1v) is 9.40. The van der Waals surface area contributed by atoms with Crippen molar-refractivity contribution in [3.63, 3.8) is 0 Å². The summed E-state index contributed by atoms with van der Waals surface area (Å²) in [6.07, 6.45) is 2.90. The molecule has 6 heteroatoms. The highest BCUT2D eigenvalue weighted by Gasteiger charge is 2.34. The third-order valence-corrected chi connectivity index (χ3v) is 5.25. The smallest absolute Gasteiger partial charge is 0.229 e.